The van der Waals surface area contributed by atoms with Gasteiger partial charge in [0.25, 0.3) is 0 Å². The molecule has 0 amide bonds. The van der Waals surface area contributed by atoms with Crippen LogP contribution in [0.4, 0.5) is 43.9 Å². The summed E-state index contributed by atoms with van der Waals surface area (Å²) >= 11 is 0. The summed E-state index contributed by atoms with van der Waals surface area (Å²) in [6.07, 6.45) is -26.6. The van der Waals surface area contributed by atoms with Gasteiger partial charge in [0.05, 0.1) is 0 Å². The van der Waals surface area contributed by atoms with Gasteiger partial charge in [0.1, 0.15) is 0 Å². The zero-order chi connectivity index (χ0) is 14.1. The van der Waals surface area contributed by atoms with Crippen LogP contribution in [0.15, 0.2) is 0 Å². The van der Waals surface area contributed by atoms with Gasteiger partial charge >= 0.3 is 18.4 Å². The number of hydrogen-bond donors (Lipinski definition) is 0. The van der Waals surface area contributed by atoms with Crippen LogP contribution in [0, 0.1) is 0 Å². The van der Waals surface area contributed by atoms with Crippen molar-refractivity contribution in [2.45, 2.75) is 30.7 Å². The van der Waals surface area contributed by atoms with Crippen LogP contribution in [-0.4, -0.2) is 37.4 Å². The molecule has 0 fully saturated rings. The molecule has 2 unspecified atom stereocenters. The Bertz CT molecular complexity index is 248. The Kier molecular flexibility index (Phi) is 4.65. The van der Waals surface area contributed by atoms with Gasteiger partial charge in [-0.05, 0) is 0 Å². The average molecular weight is 282 g/mol. The molecular formula is C6H4F10O. The van der Waals surface area contributed by atoms with Gasteiger partial charge in [-0.1, -0.05) is 0 Å². The lowest BCUT2D eigenvalue weighted by Crippen LogP contribution is -2.49. The van der Waals surface area contributed by atoms with Gasteiger partial charge in [-0.3, -0.25) is 4.74 Å². The Hall–Kier alpha value is -0.740. The lowest BCUT2D eigenvalue weighted by atomic mass is 10.2. The first-order valence-electron chi connectivity index (χ1n) is 3.70. The number of halogens is 10. The van der Waals surface area contributed by atoms with E-state index in [1.165, 1.54) is 0 Å². The van der Waals surface area contributed by atoms with Gasteiger partial charge in [0, 0.05) is 0 Å². The van der Waals surface area contributed by atoms with E-state index in [0.717, 1.165) is 0 Å². The summed E-state index contributed by atoms with van der Waals surface area (Å²) in [6, 6.07) is 0. The zero-order valence-corrected chi connectivity index (χ0v) is 7.55. The topological polar surface area (TPSA) is 9.23 Å². The third kappa shape index (κ3) is 4.56. The molecule has 0 aromatic rings. The highest BCUT2D eigenvalue weighted by Gasteiger charge is 2.60. The Balaban J connectivity index is 4.82. The minimum absolute atomic E-state index is 2.20. The molecule has 0 aromatic carbocycles. The van der Waals surface area contributed by atoms with Gasteiger partial charge in [-0.2, -0.15) is 30.7 Å². The maximum atomic E-state index is 12.3. The van der Waals surface area contributed by atoms with E-state index in [1.807, 2.05) is 0 Å². The SMILES string of the molecule is FCC(F)(F)OC(F)(F)C(F)C(F)C(F)(F)F. The summed E-state index contributed by atoms with van der Waals surface area (Å²) in [5, 5.41) is 0. The maximum absolute atomic E-state index is 12.3. The van der Waals surface area contributed by atoms with Crippen molar-refractivity contribution in [1.82, 2.24) is 0 Å². The molecular weight excluding hydrogens is 278 g/mol. The Morgan fingerprint density at radius 2 is 1.24 bits per heavy atom. The maximum Gasteiger partial charge on any atom is 0.422 e. The first kappa shape index (κ1) is 16.3. The Morgan fingerprint density at radius 3 is 1.53 bits per heavy atom. The van der Waals surface area contributed by atoms with E-state index in [-0.39, 0.29) is 0 Å². The second-order valence-electron chi connectivity index (χ2n) is 2.78. The van der Waals surface area contributed by atoms with Crippen LogP contribution in [-0.2, 0) is 4.74 Å². The molecule has 0 saturated carbocycles. The van der Waals surface area contributed by atoms with E-state index >= 15 is 0 Å². The molecule has 17 heavy (non-hydrogen) atoms. The molecule has 0 radical (unpaired) electrons. The largest absolute Gasteiger partial charge is 0.422 e. The highest BCUT2D eigenvalue weighted by molar-refractivity contribution is 4.82. The van der Waals surface area contributed by atoms with Crippen molar-refractivity contribution in [2.24, 2.45) is 0 Å². The fourth-order valence-electron chi connectivity index (χ4n) is 0.619. The van der Waals surface area contributed by atoms with E-state index in [0.29, 0.717) is 0 Å². The van der Waals surface area contributed by atoms with Crippen LogP contribution in [0.1, 0.15) is 0 Å². The summed E-state index contributed by atoms with van der Waals surface area (Å²) in [5.74, 6) is 0. The van der Waals surface area contributed by atoms with Crippen molar-refractivity contribution in [3.63, 3.8) is 0 Å². The molecule has 0 aliphatic heterocycles. The van der Waals surface area contributed by atoms with Crippen LogP contribution >= 0.6 is 0 Å². The van der Waals surface area contributed by atoms with E-state index < -0.39 is 37.4 Å². The first-order valence-corrected chi connectivity index (χ1v) is 3.70. The second-order valence-corrected chi connectivity index (χ2v) is 2.78. The Morgan fingerprint density at radius 1 is 0.824 bits per heavy atom. The van der Waals surface area contributed by atoms with Crippen molar-refractivity contribution >= 4 is 0 Å². The predicted octanol–water partition coefficient (Wildman–Crippen LogP) is 3.40. The van der Waals surface area contributed by atoms with Gasteiger partial charge in [0.15, 0.2) is 6.67 Å². The summed E-state index contributed by atoms with van der Waals surface area (Å²) in [5.41, 5.74) is 0. The van der Waals surface area contributed by atoms with Crippen molar-refractivity contribution in [2.75, 3.05) is 6.67 Å². The molecule has 0 spiro atoms. The number of rotatable bonds is 5. The molecule has 0 N–H and O–H groups in total. The van der Waals surface area contributed by atoms with Crippen LogP contribution in [0.2, 0.25) is 0 Å². The fourth-order valence-corrected chi connectivity index (χ4v) is 0.619. The standard InChI is InChI=1S/C6H4F10O/c7-1-4(10,11)17-6(15,16)3(9)2(8)5(12,13)14/h2-3H,1H2. The normalized spacial score (nSPS) is 18.0. The highest BCUT2D eigenvalue weighted by atomic mass is 19.4. The molecule has 104 valence electrons. The Labute approximate surface area is 87.3 Å². The number of ether oxygens (including phenoxy) is 1. The number of hydrogen-bond acceptors (Lipinski definition) is 1. The molecule has 2 atom stereocenters. The predicted molar refractivity (Wildman–Crippen MR) is 32.8 cm³/mol. The third-order valence-electron chi connectivity index (χ3n) is 1.33. The minimum atomic E-state index is -6.03. The molecule has 0 bridgehead atoms. The van der Waals surface area contributed by atoms with Crippen molar-refractivity contribution < 1.29 is 48.6 Å². The second kappa shape index (κ2) is 4.86. The molecule has 0 aliphatic carbocycles. The molecule has 0 saturated heterocycles. The average Bonchev–Trinajstić information content (AvgIpc) is 2.12. The van der Waals surface area contributed by atoms with E-state index in [1.54, 1.807) is 0 Å². The van der Waals surface area contributed by atoms with E-state index in [4.69, 9.17) is 0 Å². The van der Waals surface area contributed by atoms with E-state index in [2.05, 4.69) is 4.74 Å². The van der Waals surface area contributed by atoms with Crippen molar-refractivity contribution in [3.8, 4) is 0 Å². The molecule has 0 rings (SSSR count). The van der Waals surface area contributed by atoms with Crippen LogP contribution in [0.25, 0.3) is 0 Å². The van der Waals surface area contributed by atoms with Crippen LogP contribution in [0.5, 0.6) is 0 Å². The number of alkyl halides is 10. The summed E-state index contributed by atoms with van der Waals surface area (Å²) < 4.78 is 121. The smallest absolute Gasteiger partial charge is 0.251 e. The fraction of sp³-hybridized carbons (Fsp3) is 1.00. The monoisotopic (exact) mass is 282 g/mol. The van der Waals surface area contributed by atoms with Crippen LogP contribution in [0.3, 0.4) is 0 Å². The molecule has 0 aromatic heterocycles. The van der Waals surface area contributed by atoms with Gasteiger partial charge < -0.3 is 0 Å². The summed E-state index contributed by atoms with van der Waals surface area (Å²) in [7, 11) is 0. The van der Waals surface area contributed by atoms with Gasteiger partial charge in [-0.25, -0.2) is 13.2 Å². The minimum Gasteiger partial charge on any atom is -0.251 e. The molecule has 11 heteroatoms. The molecule has 1 nitrogen and oxygen atoms in total. The van der Waals surface area contributed by atoms with Crippen LogP contribution < -0.4 is 0 Å². The molecule has 0 aliphatic rings. The van der Waals surface area contributed by atoms with Gasteiger partial charge in [-0.15, -0.1) is 0 Å². The zero-order valence-electron chi connectivity index (χ0n) is 7.55. The third-order valence-corrected chi connectivity index (χ3v) is 1.33. The molecule has 0 heterocycles. The first-order chi connectivity index (χ1) is 7.33. The summed E-state index contributed by atoms with van der Waals surface area (Å²) in [4.78, 5) is 0. The highest BCUT2D eigenvalue weighted by Crippen LogP contribution is 2.38. The lowest BCUT2D eigenvalue weighted by molar-refractivity contribution is -0.404. The lowest BCUT2D eigenvalue weighted by Gasteiger charge is -2.26. The van der Waals surface area contributed by atoms with Gasteiger partial charge in [0.2, 0.25) is 12.3 Å². The quantitative estimate of drug-likeness (QED) is 0.702. The summed E-state index contributed by atoms with van der Waals surface area (Å²) in [6.45, 7) is -2.84. The van der Waals surface area contributed by atoms with Crippen molar-refractivity contribution in [3.05, 3.63) is 0 Å². The van der Waals surface area contributed by atoms with E-state index in [9.17, 15) is 43.9 Å². The van der Waals surface area contributed by atoms with Crippen molar-refractivity contribution in [1.29, 1.82) is 0 Å².